The number of hydrogen-bond acceptors (Lipinski definition) is 2. The zero-order valence-electron chi connectivity index (χ0n) is 27.5. The van der Waals surface area contributed by atoms with Crippen LogP contribution in [0.4, 0.5) is 0 Å². The van der Waals surface area contributed by atoms with Gasteiger partial charge in [0.2, 0.25) is 0 Å². The highest BCUT2D eigenvalue weighted by molar-refractivity contribution is 7.86. The summed E-state index contributed by atoms with van der Waals surface area (Å²) < 4.78 is 19.0. The van der Waals surface area contributed by atoms with Gasteiger partial charge in [0, 0.05) is 26.7 Å². The van der Waals surface area contributed by atoms with Gasteiger partial charge < -0.3 is 4.57 Å². The van der Waals surface area contributed by atoms with E-state index in [2.05, 4.69) is 174 Å². The Morgan fingerprint density at radius 2 is 1.04 bits per heavy atom. The maximum Gasteiger partial charge on any atom is 0.172 e. The van der Waals surface area contributed by atoms with Gasteiger partial charge in [0.25, 0.3) is 0 Å². The van der Waals surface area contributed by atoms with Crippen LogP contribution >= 0.6 is 7.14 Å². The number of hydrogen-bond donors (Lipinski definition) is 0. The highest BCUT2D eigenvalue weighted by Crippen LogP contribution is 2.48. The smallest absolute Gasteiger partial charge is 0.172 e. The topological polar surface area (TPSA) is 34.4 Å². The molecule has 4 heteroatoms. The molecule has 2 aromatic heterocycles. The molecule has 0 aliphatic heterocycles. The number of pyridine rings is 1. The number of rotatable bonds is 3. The summed E-state index contributed by atoms with van der Waals surface area (Å²) >= 11 is 0. The van der Waals surface area contributed by atoms with Crippen LogP contribution in [0, 0.1) is 0 Å². The molecule has 0 saturated carbocycles. The van der Waals surface area contributed by atoms with Crippen molar-refractivity contribution in [3.63, 3.8) is 0 Å². The molecule has 0 fully saturated rings. The van der Waals surface area contributed by atoms with Crippen LogP contribution in [0.25, 0.3) is 81.4 Å². The highest BCUT2D eigenvalue weighted by atomic mass is 31.2. The number of para-hydroxylation sites is 3. The molecule has 238 valence electrons. The molecule has 11 aromatic rings. The normalized spacial score (nSPS) is 13.3. The fraction of sp³-hybridized carbons (Fsp3) is 0. The molecule has 1 unspecified atom stereocenters. The minimum absolute atomic E-state index is 0.824. The fourth-order valence-electron chi connectivity index (χ4n) is 8.42. The second-order valence-corrected chi connectivity index (χ2v) is 16.2. The first-order valence-corrected chi connectivity index (χ1v) is 19.0. The lowest BCUT2D eigenvalue weighted by Crippen LogP contribution is -2.26. The third-order valence-electron chi connectivity index (χ3n) is 10.8. The second-order valence-electron chi connectivity index (χ2n) is 13.5. The van der Waals surface area contributed by atoms with E-state index in [4.69, 9.17) is 4.98 Å². The van der Waals surface area contributed by atoms with Crippen LogP contribution in [0.5, 0.6) is 0 Å². The summed E-state index contributed by atoms with van der Waals surface area (Å²) in [5.74, 6) is 0. The van der Waals surface area contributed by atoms with E-state index >= 15 is 4.57 Å². The van der Waals surface area contributed by atoms with Crippen LogP contribution in [-0.4, -0.2) is 9.38 Å². The molecular weight excluding hydrogens is 640 g/mol. The Balaban J connectivity index is 1.30. The summed E-state index contributed by atoms with van der Waals surface area (Å²) in [4.78, 5) is 5.21. The Bertz CT molecular complexity index is 3300. The van der Waals surface area contributed by atoms with Gasteiger partial charge in [0.15, 0.2) is 7.14 Å². The molecule has 0 bridgehead atoms. The average Bonchev–Trinajstić information content (AvgIpc) is 3.59. The molecule has 1 atom stereocenters. The van der Waals surface area contributed by atoms with Crippen LogP contribution in [0.2, 0.25) is 0 Å². The van der Waals surface area contributed by atoms with E-state index < -0.39 is 7.14 Å². The maximum absolute atomic E-state index is 16.8. The van der Waals surface area contributed by atoms with Crippen molar-refractivity contribution in [2.24, 2.45) is 0 Å². The molecule has 0 aliphatic rings. The number of fused-ring (bicyclic) bond motifs is 13. The van der Waals surface area contributed by atoms with Crippen molar-refractivity contribution in [2.45, 2.75) is 0 Å². The van der Waals surface area contributed by atoms with Crippen LogP contribution in [0.15, 0.2) is 176 Å². The first kappa shape index (κ1) is 28.5. The third-order valence-corrected chi connectivity index (χ3v) is 13.9. The van der Waals surface area contributed by atoms with Crippen LogP contribution in [0.3, 0.4) is 0 Å². The average molecular weight is 669 g/mol. The molecule has 0 spiro atoms. The van der Waals surface area contributed by atoms with E-state index in [1.54, 1.807) is 0 Å². The fourth-order valence-corrected chi connectivity index (χ4v) is 11.5. The molecule has 0 N–H and O–H groups in total. The number of aromatic nitrogens is 2. The van der Waals surface area contributed by atoms with Crippen molar-refractivity contribution in [2.75, 3.05) is 0 Å². The lowest BCUT2D eigenvalue weighted by atomic mass is 10.0. The van der Waals surface area contributed by atoms with Crippen molar-refractivity contribution >= 4 is 105 Å². The summed E-state index contributed by atoms with van der Waals surface area (Å²) in [5, 5.41) is 14.5. The van der Waals surface area contributed by atoms with Gasteiger partial charge in [0.1, 0.15) is 5.65 Å². The van der Waals surface area contributed by atoms with Crippen molar-refractivity contribution in [3.05, 3.63) is 176 Å². The van der Waals surface area contributed by atoms with Gasteiger partial charge in [-0.3, -0.25) is 4.40 Å². The summed E-state index contributed by atoms with van der Waals surface area (Å²) in [5.41, 5.74) is 4.05. The second kappa shape index (κ2) is 10.6. The number of benzene rings is 9. The molecule has 0 aliphatic carbocycles. The summed E-state index contributed by atoms with van der Waals surface area (Å²) in [6.45, 7) is 0. The standard InChI is InChI=1S/C47H29N2OP/c50-51(34-25-23-30-11-1-2-13-32(30)27-34,45-22-10-17-36-35-15-4-3-12-31(35)24-26-38(36)45)46-21-9-14-33-28-40-37-16-5-7-19-43(37)49-44-20-8-6-18-42(44)48-47(49)41(40)29-39(33)46/h1-29H. The third kappa shape index (κ3) is 4.01. The van der Waals surface area contributed by atoms with E-state index in [9.17, 15) is 0 Å². The van der Waals surface area contributed by atoms with E-state index in [1.165, 1.54) is 5.39 Å². The van der Waals surface area contributed by atoms with E-state index in [0.29, 0.717) is 0 Å². The molecular formula is C47H29N2OP. The van der Waals surface area contributed by atoms with Crippen LogP contribution < -0.4 is 15.9 Å². The molecule has 51 heavy (non-hydrogen) atoms. The molecule has 11 rings (SSSR count). The quantitative estimate of drug-likeness (QED) is 0.107. The number of nitrogens with zero attached hydrogens (tertiary/aromatic N) is 2. The zero-order chi connectivity index (χ0) is 33.7. The predicted molar refractivity (Wildman–Crippen MR) is 217 cm³/mol. The molecule has 0 amide bonds. The summed E-state index contributed by atoms with van der Waals surface area (Å²) in [6.07, 6.45) is 0. The molecule has 3 nitrogen and oxygen atoms in total. The van der Waals surface area contributed by atoms with Crippen LogP contribution in [0.1, 0.15) is 0 Å². The Kier molecular flexibility index (Phi) is 5.94. The zero-order valence-corrected chi connectivity index (χ0v) is 28.4. The summed E-state index contributed by atoms with van der Waals surface area (Å²) in [6, 6.07) is 61.5. The van der Waals surface area contributed by atoms with E-state index in [1.807, 2.05) is 6.07 Å². The Morgan fingerprint density at radius 1 is 0.392 bits per heavy atom. The van der Waals surface area contributed by atoms with Crippen molar-refractivity contribution < 1.29 is 4.57 Å². The van der Waals surface area contributed by atoms with E-state index in [-0.39, 0.29) is 0 Å². The lowest BCUT2D eigenvalue weighted by molar-refractivity contribution is 0.593. The molecule has 9 aromatic carbocycles. The Hall–Kier alpha value is -6.28. The Morgan fingerprint density at radius 3 is 1.92 bits per heavy atom. The van der Waals surface area contributed by atoms with Crippen molar-refractivity contribution in [1.29, 1.82) is 0 Å². The van der Waals surface area contributed by atoms with Crippen molar-refractivity contribution in [3.8, 4) is 0 Å². The SMILES string of the molecule is O=P(c1ccc2ccccc2c1)(c1cccc2cc3c4ccccc4n4c5ccccc5nc4c3cc12)c1cccc2c1ccc1ccccc12. The first-order valence-electron chi connectivity index (χ1n) is 17.3. The van der Waals surface area contributed by atoms with Gasteiger partial charge in [-0.05, 0) is 84.9 Å². The van der Waals surface area contributed by atoms with Gasteiger partial charge in [-0.2, -0.15) is 0 Å². The lowest BCUT2D eigenvalue weighted by Gasteiger charge is -2.24. The van der Waals surface area contributed by atoms with Gasteiger partial charge in [-0.25, -0.2) is 4.98 Å². The monoisotopic (exact) mass is 668 g/mol. The minimum atomic E-state index is -3.49. The largest absolute Gasteiger partial charge is 0.309 e. The van der Waals surface area contributed by atoms with Crippen LogP contribution in [-0.2, 0) is 4.57 Å². The van der Waals surface area contributed by atoms with Gasteiger partial charge in [-0.1, -0.05) is 140 Å². The number of imidazole rings is 1. The Labute approximate surface area is 293 Å². The van der Waals surface area contributed by atoms with Gasteiger partial charge >= 0.3 is 0 Å². The molecule has 0 saturated heterocycles. The maximum atomic E-state index is 16.8. The minimum Gasteiger partial charge on any atom is -0.309 e. The summed E-state index contributed by atoms with van der Waals surface area (Å²) in [7, 11) is -3.49. The first-order chi connectivity index (χ1) is 25.2. The van der Waals surface area contributed by atoms with Gasteiger partial charge in [-0.15, -0.1) is 0 Å². The predicted octanol–water partition coefficient (Wildman–Crippen LogP) is 11.0. The van der Waals surface area contributed by atoms with Gasteiger partial charge in [0.05, 0.1) is 16.6 Å². The molecule has 0 radical (unpaired) electrons. The molecule has 2 heterocycles. The van der Waals surface area contributed by atoms with E-state index in [0.717, 1.165) is 92.0 Å². The highest BCUT2D eigenvalue weighted by Gasteiger charge is 2.34. The van der Waals surface area contributed by atoms with Crippen molar-refractivity contribution in [1.82, 2.24) is 9.38 Å².